The van der Waals surface area contributed by atoms with Crippen LogP contribution in [0.15, 0.2) is 23.9 Å². The Balaban J connectivity index is 1.95. The molecule has 0 bridgehead atoms. The number of rotatable bonds is 3. The van der Waals surface area contributed by atoms with Crippen LogP contribution in [-0.2, 0) is 0 Å². The highest BCUT2D eigenvalue weighted by molar-refractivity contribution is 5.22. The van der Waals surface area contributed by atoms with Crippen LogP contribution in [-0.4, -0.2) is 42.5 Å². The zero-order chi connectivity index (χ0) is 12.3. The molecule has 0 amide bonds. The van der Waals surface area contributed by atoms with Crippen LogP contribution in [0.2, 0.25) is 0 Å². The summed E-state index contributed by atoms with van der Waals surface area (Å²) in [6, 6.07) is 0.569. The lowest BCUT2D eigenvalue weighted by molar-refractivity contribution is 0.204. The molecular weight excluding hydrogens is 208 g/mol. The lowest BCUT2D eigenvalue weighted by atomic mass is 9.99. The summed E-state index contributed by atoms with van der Waals surface area (Å²) in [5, 5.41) is 0. The fraction of sp³-hybridized carbons (Fsp3) is 0.733. The second-order valence-electron chi connectivity index (χ2n) is 5.73. The molecule has 2 heteroatoms. The molecule has 1 unspecified atom stereocenters. The van der Waals surface area contributed by atoms with Crippen LogP contribution in [0.1, 0.15) is 33.1 Å². The Morgan fingerprint density at radius 2 is 1.94 bits per heavy atom. The van der Waals surface area contributed by atoms with Gasteiger partial charge in [0, 0.05) is 25.3 Å². The van der Waals surface area contributed by atoms with Crippen molar-refractivity contribution in [2.45, 2.75) is 39.2 Å². The second-order valence-corrected chi connectivity index (χ2v) is 5.73. The van der Waals surface area contributed by atoms with Crippen LogP contribution in [0.4, 0.5) is 0 Å². The maximum absolute atomic E-state index is 2.60. The lowest BCUT2D eigenvalue weighted by Gasteiger charge is -2.38. The van der Waals surface area contributed by atoms with Crippen molar-refractivity contribution in [2.24, 2.45) is 5.92 Å². The standard InChI is InChI=1S/C15H26N2/c1-13(2)15-9-7-8-14(16(15)3)12-17-10-5-4-6-11-17/h7-9,13,15H,4-6,10-12H2,1-3H3. The van der Waals surface area contributed by atoms with Gasteiger partial charge >= 0.3 is 0 Å². The monoisotopic (exact) mass is 234 g/mol. The van der Waals surface area contributed by atoms with E-state index in [9.17, 15) is 0 Å². The third-order valence-corrected chi connectivity index (χ3v) is 4.01. The average Bonchev–Trinajstić information content (AvgIpc) is 2.33. The summed E-state index contributed by atoms with van der Waals surface area (Å²) in [7, 11) is 2.24. The summed E-state index contributed by atoms with van der Waals surface area (Å²) in [6.07, 6.45) is 11.0. The normalized spacial score (nSPS) is 26.5. The number of allylic oxidation sites excluding steroid dienone is 2. The number of piperidine rings is 1. The number of likely N-dealkylation sites (N-methyl/N-ethyl adjacent to an activating group) is 1. The molecular formula is C15H26N2. The Bertz CT molecular complexity index is 298. The molecule has 1 saturated heterocycles. The summed E-state index contributed by atoms with van der Waals surface area (Å²) >= 11 is 0. The minimum atomic E-state index is 0.569. The molecule has 0 radical (unpaired) electrons. The highest BCUT2D eigenvalue weighted by Gasteiger charge is 2.22. The molecule has 1 fully saturated rings. The summed E-state index contributed by atoms with van der Waals surface area (Å²) < 4.78 is 0. The maximum atomic E-state index is 2.60. The molecule has 2 aliphatic rings. The highest BCUT2D eigenvalue weighted by atomic mass is 15.2. The molecule has 17 heavy (non-hydrogen) atoms. The summed E-state index contributed by atoms with van der Waals surface area (Å²) in [5.74, 6) is 0.682. The molecule has 0 saturated carbocycles. The molecule has 2 aliphatic heterocycles. The SMILES string of the molecule is CC(C)C1C=CC=C(CN2CCCCC2)N1C. The van der Waals surface area contributed by atoms with Gasteiger partial charge in [0.15, 0.2) is 0 Å². The van der Waals surface area contributed by atoms with Gasteiger partial charge in [-0.1, -0.05) is 32.4 Å². The van der Waals surface area contributed by atoms with Gasteiger partial charge in [0.1, 0.15) is 0 Å². The molecule has 0 aromatic rings. The predicted octanol–water partition coefficient (Wildman–Crippen LogP) is 2.88. The Morgan fingerprint density at radius 3 is 2.59 bits per heavy atom. The van der Waals surface area contributed by atoms with Crippen molar-refractivity contribution in [2.75, 3.05) is 26.7 Å². The van der Waals surface area contributed by atoms with E-state index < -0.39 is 0 Å². The highest BCUT2D eigenvalue weighted by Crippen LogP contribution is 2.21. The van der Waals surface area contributed by atoms with E-state index >= 15 is 0 Å². The number of hydrogen-bond donors (Lipinski definition) is 0. The number of likely N-dealkylation sites (tertiary alicyclic amines) is 1. The number of hydrogen-bond acceptors (Lipinski definition) is 2. The van der Waals surface area contributed by atoms with Crippen LogP contribution >= 0.6 is 0 Å². The van der Waals surface area contributed by atoms with Gasteiger partial charge in [-0.15, -0.1) is 0 Å². The van der Waals surface area contributed by atoms with Crippen LogP contribution in [0.25, 0.3) is 0 Å². The van der Waals surface area contributed by atoms with Crippen molar-refractivity contribution in [3.63, 3.8) is 0 Å². The first-order chi connectivity index (χ1) is 8.18. The first-order valence-corrected chi connectivity index (χ1v) is 7.01. The van der Waals surface area contributed by atoms with Crippen LogP contribution in [0.3, 0.4) is 0 Å². The fourth-order valence-electron chi connectivity index (χ4n) is 2.90. The zero-order valence-electron chi connectivity index (χ0n) is 11.5. The van der Waals surface area contributed by atoms with Crippen molar-refractivity contribution in [3.05, 3.63) is 23.9 Å². The fourth-order valence-corrected chi connectivity index (χ4v) is 2.90. The van der Waals surface area contributed by atoms with E-state index in [1.807, 2.05) is 0 Å². The third-order valence-electron chi connectivity index (χ3n) is 4.01. The van der Waals surface area contributed by atoms with Crippen molar-refractivity contribution >= 4 is 0 Å². The lowest BCUT2D eigenvalue weighted by Crippen LogP contribution is -2.41. The van der Waals surface area contributed by atoms with Gasteiger partial charge in [0.2, 0.25) is 0 Å². The molecule has 96 valence electrons. The Labute approximate surface area is 106 Å². The maximum Gasteiger partial charge on any atom is 0.0493 e. The molecule has 0 N–H and O–H groups in total. The van der Waals surface area contributed by atoms with E-state index in [0.29, 0.717) is 12.0 Å². The molecule has 0 aromatic carbocycles. The summed E-state index contributed by atoms with van der Waals surface area (Å²) in [6.45, 7) is 8.29. The van der Waals surface area contributed by atoms with Gasteiger partial charge in [0.05, 0.1) is 0 Å². The Kier molecular flexibility index (Phi) is 4.27. The quantitative estimate of drug-likeness (QED) is 0.741. The topological polar surface area (TPSA) is 6.48 Å². The van der Waals surface area contributed by atoms with Crippen molar-refractivity contribution in [1.82, 2.24) is 9.80 Å². The van der Waals surface area contributed by atoms with Gasteiger partial charge in [-0.2, -0.15) is 0 Å². The zero-order valence-corrected chi connectivity index (χ0v) is 11.5. The predicted molar refractivity (Wildman–Crippen MR) is 73.9 cm³/mol. The van der Waals surface area contributed by atoms with Crippen molar-refractivity contribution < 1.29 is 0 Å². The van der Waals surface area contributed by atoms with Gasteiger partial charge in [-0.05, 0) is 37.9 Å². The molecule has 2 nitrogen and oxygen atoms in total. The molecule has 1 atom stereocenters. The minimum absolute atomic E-state index is 0.569. The molecule has 2 heterocycles. The first kappa shape index (κ1) is 12.7. The van der Waals surface area contributed by atoms with Gasteiger partial charge in [-0.3, -0.25) is 4.90 Å². The largest absolute Gasteiger partial charge is 0.370 e. The molecule has 0 spiro atoms. The molecule has 0 aromatic heterocycles. The molecule has 0 aliphatic carbocycles. The average molecular weight is 234 g/mol. The van der Waals surface area contributed by atoms with E-state index in [2.05, 4.69) is 48.9 Å². The Morgan fingerprint density at radius 1 is 1.24 bits per heavy atom. The van der Waals surface area contributed by atoms with Crippen LogP contribution < -0.4 is 0 Å². The van der Waals surface area contributed by atoms with E-state index in [4.69, 9.17) is 0 Å². The van der Waals surface area contributed by atoms with Crippen molar-refractivity contribution in [3.8, 4) is 0 Å². The van der Waals surface area contributed by atoms with Gasteiger partial charge in [-0.25, -0.2) is 0 Å². The third kappa shape index (κ3) is 3.12. The summed E-state index contributed by atoms with van der Waals surface area (Å²) in [4.78, 5) is 5.06. The van der Waals surface area contributed by atoms with Gasteiger partial charge < -0.3 is 4.90 Å². The van der Waals surface area contributed by atoms with Crippen molar-refractivity contribution in [1.29, 1.82) is 0 Å². The van der Waals surface area contributed by atoms with Gasteiger partial charge in [0.25, 0.3) is 0 Å². The minimum Gasteiger partial charge on any atom is -0.370 e. The van der Waals surface area contributed by atoms with Crippen LogP contribution in [0.5, 0.6) is 0 Å². The number of nitrogens with zero attached hydrogens (tertiary/aromatic N) is 2. The van der Waals surface area contributed by atoms with E-state index in [-0.39, 0.29) is 0 Å². The second kappa shape index (κ2) is 5.72. The summed E-state index contributed by atoms with van der Waals surface area (Å²) in [5.41, 5.74) is 1.48. The van der Waals surface area contributed by atoms with E-state index in [1.54, 1.807) is 0 Å². The molecule has 2 rings (SSSR count). The smallest absolute Gasteiger partial charge is 0.0493 e. The van der Waals surface area contributed by atoms with Crippen LogP contribution in [0, 0.1) is 5.92 Å². The van der Waals surface area contributed by atoms with E-state index in [1.165, 1.54) is 38.0 Å². The van der Waals surface area contributed by atoms with E-state index in [0.717, 1.165) is 6.54 Å². The Hall–Kier alpha value is -0.760. The first-order valence-electron chi connectivity index (χ1n) is 7.01.